The monoisotopic (exact) mass is 333 g/mol. The normalized spacial score (nSPS) is 10.5. The molecule has 0 spiro atoms. The van der Waals surface area contributed by atoms with E-state index in [0.717, 1.165) is 23.4 Å². The van der Waals surface area contributed by atoms with Crippen LogP contribution in [0.4, 0.5) is 5.69 Å². The molecule has 0 aliphatic rings. The maximum Gasteiger partial charge on any atom is 0.234 e. The highest BCUT2D eigenvalue weighted by Gasteiger charge is 2.11. The molecule has 2 rings (SSSR count). The Kier molecular flexibility index (Phi) is 6.34. The summed E-state index contributed by atoms with van der Waals surface area (Å²) in [5, 5.41) is 3.75. The summed E-state index contributed by atoms with van der Waals surface area (Å²) in [5.74, 6) is 0.353. The minimum atomic E-state index is 0.000481. The first-order valence-corrected chi connectivity index (χ1v) is 8.80. The van der Waals surface area contributed by atoms with Gasteiger partial charge >= 0.3 is 0 Å². The number of hydrogen-bond acceptors (Lipinski definition) is 2. The molecule has 0 saturated heterocycles. The van der Waals surface area contributed by atoms with Crippen molar-refractivity contribution in [2.45, 2.75) is 31.6 Å². The smallest absolute Gasteiger partial charge is 0.234 e. The van der Waals surface area contributed by atoms with Crippen LogP contribution in [0.25, 0.3) is 0 Å². The molecule has 0 radical (unpaired) electrons. The summed E-state index contributed by atoms with van der Waals surface area (Å²) in [6.45, 7) is 4.20. The Hall–Kier alpha value is -1.45. The van der Waals surface area contributed by atoms with E-state index in [1.807, 2.05) is 30.3 Å². The molecule has 0 aliphatic carbocycles. The van der Waals surface area contributed by atoms with E-state index in [2.05, 4.69) is 31.3 Å². The van der Waals surface area contributed by atoms with Crippen molar-refractivity contribution in [1.29, 1.82) is 0 Å². The van der Waals surface area contributed by atoms with Crippen LogP contribution >= 0.6 is 23.4 Å². The summed E-state index contributed by atoms with van der Waals surface area (Å²) in [7, 11) is 0. The van der Waals surface area contributed by atoms with E-state index in [1.165, 1.54) is 22.9 Å². The van der Waals surface area contributed by atoms with Crippen LogP contribution in [-0.2, 0) is 17.6 Å². The van der Waals surface area contributed by atoms with Crippen LogP contribution in [0.2, 0.25) is 5.02 Å². The highest BCUT2D eigenvalue weighted by Crippen LogP contribution is 2.27. The summed E-state index contributed by atoms with van der Waals surface area (Å²) in [6, 6.07) is 13.8. The van der Waals surface area contributed by atoms with Gasteiger partial charge in [0.2, 0.25) is 5.91 Å². The molecule has 4 heteroatoms. The quantitative estimate of drug-likeness (QED) is 0.736. The largest absolute Gasteiger partial charge is 0.325 e. The molecule has 0 aromatic heterocycles. The third-order valence-corrected chi connectivity index (χ3v) is 4.97. The van der Waals surface area contributed by atoms with Gasteiger partial charge in [0, 0.05) is 10.6 Å². The average molecular weight is 334 g/mol. The van der Waals surface area contributed by atoms with Crippen LogP contribution < -0.4 is 5.32 Å². The van der Waals surface area contributed by atoms with Crippen LogP contribution in [0.15, 0.2) is 47.4 Å². The van der Waals surface area contributed by atoms with Gasteiger partial charge in [-0.3, -0.25) is 4.79 Å². The lowest BCUT2D eigenvalue weighted by molar-refractivity contribution is -0.113. The zero-order valence-corrected chi connectivity index (χ0v) is 14.4. The van der Waals surface area contributed by atoms with Gasteiger partial charge < -0.3 is 5.32 Å². The Morgan fingerprint density at radius 2 is 1.68 bits per heavy atom. The molecule has 0 fully saturated rings. The molecular weight excluding hydrogens is 314 g/mol. The number of para-hydroxylation sites is 1. The number of benzene rings is 2. The minimum Gasteiger partial charge on any atom is -0.325 e. The van der Waals surface area contributed by atoms with Gasteiger partial charge in [-0.05, 0) is 36.1 Å². The highest BCUT2D eigenvalue weighted by atomic mass is 35.5. The van der Waals surface area contributed by atoms with E-state index < -0.39 is 0 Å². The number of amides is 1. The molecule has 0 heterocycles. The number of carbonyl (C=O) groups is 1. The molecule has 0 aliphatic heterocycles. The van der Waals surface area contributed by atoms with Crippen molar-refractivity contribution in [3.05, 3.63) is 58.6 Å². The highest BCUT2D eigenvalue weighted by molar-refractivity contribution is 8.00. The zero-order chi connectivity index (χ0) is 15.9. The van der Waals surface area contributed by atoms with Gasteiger partial charge in [0.25, 0.3) is 0 Å². The Labute approximate surface area is 141 Å². The first kappa shape index (κ1) is 16.9. The number of hydrogen-bond donors (Lipinski definition) is 1. The lowest BCUT2D eigenvalue weighted by Gasteiger charge is -2.14. The molecule has 2 aromatic carbocycles. The van der Waals surface area contributed by atoms with Crippen molar-refractivity contribution in [2.24, 2.45) is 0 Å². The van der Waals surface area contributed by atoms with Crippen LogP contribution in [0.3, 0.4) is 0 Å². The fourth-order valence-corrected chi connectivity index (χ4v) is 3.32. The summed E-state index contributed by atoms with van der Waals surface area (Å²) in [6.07, 6.45) is 1.81. The maximum atomic E-state index is 12.3. The lowest BCUT2D eigenvalue weighted by atomic mass is 10.0. The first-order chi connectivity index (χ1) is 10.7. The molecule has 0 atom stereocenters. The summed E-state index contributed by atoms with van der Waals surface area (Å²) in [4.78, 5) is 13.2. The summed E-state index contributed by atoms with van der Waals surface area (Å²) in [5.41, 5.74) is 3.32. The van der Waals surface area contributed by atoms with E-state index in [4.69, 9.17) is 11.6 Å². The van der Waals surface area contributed by atoms with Crippen molar-refractivity contribution < 1.29 is 4.79 Å². The van der Waals surface area contributed by atoms with E-state index in [-0.39, 0.29) is 5.91 Å². The molecule has 1 N–H and O–H groups in total. The van der Waals surface area contributed by atoms with Gasteiger partial charge in [-0.1, -0.05) is 55.8 Å². The lowest BCUT2D eigenvalue weighted by Crippen LogP contribution is -2.16. The number of nitrogens with one attached hydrogen (secondary N) is 1. The van der Waals surface area contributed by atoms with Gasteiger partial charge in [-0.2, -0.15) is 0 Å². The molecule has 0 unspecified atom stereocenters. The molecular formula is C18H20ClNOS. The molecule has 1 amide bonds. The number of rotatable bonds is 6. The van der Waals surface area contributed by atoms with Crippen LogP contribution in [0.1, 0.15) is 25.0 Å². The van der Waals surface area contributed by atoms with Crippen LogP contribution in [0, 0.1) is 0 Å². The molecule has 22 heavy (non-hydrogen) atoms. The topological polar surface area (TPSA) is 29.1 Å². The van der Waals surface area contributed by atoms with E-state index >= 15 is 0 Å². The van der Waals surface area contributed by atoms with Gasteiger partial charge in [-0.25, -0.2) is 0 Å². The Morgan fingerprint density at radius 1 is 1.05 bits per heavy atom. The second-order valence-electron chi connectivity index (χ2n) is 4.93. The number of thioether (sulfide) groups is 1. The van der Waals surface area contributed by atoms with Crippen molar-refractivity contribution in [1.82, 2.24) is 0 Å². The molecule has 2 aromatic rings. The second kappa shape index (κ2) is 8.25. The fourth-order valence-electron chi connectivity index (χ4n) is 2.28. The molecule has 0 saturated carbocycles. The molecule has 0 bridgehead atoms. The Bertz CT molecular complexity index is 635. The Balaban J connectivity index is 2.05. The predicted octanol–water partition coefficient (Wildman–Crippen LogP) is 5.20. The van der Waals surface area contributed by atoms with E-state index in [9.17, 15) is 4.79 Å². The fraction of sp³-hybridized carbons (Fsp3) is 0.278. The predicted molar refractivity (Wildman–Crippen MR) is 96.0 cm³/mol. The minimum absolute atomic E-state index is 0.000481. The summed E-state index contributed by atoms with van der Waals surface area (Å²) < 4.78 is 0. The Morgan fingerprint density at radius 3 is 2.27 bits per heavy atom. The third kappa shape index (κ3) is 4.28. The van der Waals surface area contributed by atoms with E-state index in [0.29, 0.717) is 10.8 Å². The molecule has 2 nitrogen and oxygen atoms in total. The second-order valence-corrected chi connectivity index (χ2v) is 6.35. The SMILES string of the molecule is CCc1cccc(CC)c1NC(=O)CSc1ccccc1Cl. The maximum absolute atomic E-state index is 12.3. The van der Waals surface area contributed by atoms with Gasteiger partial charge in [-0.15, -0.1) is 11.8 Å². The van der Waals surface area contributed by atoms with Crippen LogP contribution in [-0.4, -0.2) is 11.7 Å². The first-order valence-electron chi connectivity index (χ1n) is 7.43. The zero-order valence-electron chi connectivity index (χ0n) is 12.9. The van der Waals surface area contributed by atoms with E-state index in [1.54, 1.807) is 0 Å². The van der Waals surface area contributed by atoms with Crippen molar-refractivity contribution >= 4 is 35.0 Å². The number of carbonyl (C=O) groups excluding carboxylic acids is 1. The average Bonchev–Trinajstić information content (AvgIpc) is 2.54. The standard InChI is InChI=1S/C18H20ClNOS/c1-3-13-8-7-9-14(4-2)18(13)20-17(21)12-22-16-11-6-5-10-15(16)19/h5-11H,3-4,12H2,1-2H3,(H,20,21). The van der Waals surface area contributed by atoms with Crippen molar-refractivity contribution in [2.75, 3.05) is 11.1 Å². The van der Waals surface area contributed by atoms with Crippen molar-refractivity contribution in [3.63, 3.8) is 0 Å². The van der Waals surface area contributed by atoms with Crippen molar-refractivity contribution in [3.8, 4) is 0 Å². The van der Waals surface area contributed by atoms with Crippen LogP contribution in [0.5, 0.6) is 0 Å². The molecule has 116 valence electrons. The van der Waals surface area contributed by atoms with Gasteiger partial charge in [0.1, 0.15) is 0 Å². The number of halogens is 1. The number of anilines is 1. The number of aryl methyl sites for hydroxylation is 2. The van der Waals surface area contributed by atoms with Gasteiger partial charge in [0.05, 0.1) is 10.8 Å². The summed E-state index contributed by atoms with van der Waals surface area (Å²) >= 11 is 7.57. The third-order valence-electron chi connectivity index (χ3n) is 3.46. The van der Waals surface area contributed by atoms with Gasteiger partial charge in [0.15, 0.2) is 0 Å².